The van der Waals surface area contributed by atoms with E-state index in [1.54, 1.807) is 11.8 Å². The normalized spacial score (nSPS) is 10.5. The van der Waals surface area contributed by atoms with Crippen molar-refractivity contribution in [2.45, 2.75) is 53.9 Å². The number of carbonyl (C=O) groups excluding carboxylic acids is 2. The van der Waals surface area contributed by atoms with Gasteiger partial charge in [0.15, 0.2) is 0 Å². The SMILES string of the molecule is CCc1cccc(CC)c1N(CCC(=O)N(CC)CC)C(C)=O. The predicted octanol–water partition coefficient (Wildman–Crippen LogP) is 3.42. The van der Waals surface area contributed by atoms with Crippen LogP contribution >= 0.6 is 0 Å². The first kappa shape index (κ1) is 19.2. The number of amides is 2. The molecule has 0 bridgehead atoms. The summed E-state index contributed by atoms with van der Waals surface area (Å²) in [7, 11) is 0. The number of anilines is 1. The van der Waals surface area contributed by atoms with E-state index in [0.717, 1.165) is 29.7 Å². The molecule has 0 N–H and O–H groups in total. The van der Waals surface area contributed by atoms with Crippen LogP contribution in [0.25, 0.3) is 0 Å². The fourth-order valence-corrected chi connectivity index (χ4v) is 2.93. The van der Waals surface area contributed by atoms with Crippen LogP contribution in [0, 0.1) is 0 Å². The summed E-state index contributed by atoms with van der Waals surface area (Å²) in [5.41, 5.74) is 3.32. The van der Waals surface area contributed by atoms with Crippen molar-refractivity contribution in [3.8, 4) is 0 Å². The Morgan fingerprint density at radius 3 is 1.87 bits per heavy atom. The summed E-state index contributed by atoms with van der Waals surface area (Å²) in [5.74, 6) is 0.0984. The zero-order valence-electron chi connectivity index (χ0n) is 15.2. The van der Waals surface area contributed by atoms with Crippen molar-refractivity contribution in [1.82, 2.24) is 4.90 Å². The van der Waals surface area contributed by atoms with Gasteiger partial charge < -0.3 is 9.80 Å². The predicted molar refractivity (Wildman–Crippen MR) is 95.8 cm³/mol. The zero-order chi connectivity index (χ0) is 17.4. The Labute approximate surface area is 140 Å². The highest BCUT2D eigenvalue weighted by Crippen LogP contribution is 2.27. The average molecular weight is 318 g/mol. The lowest BCUT2D eigenvalue weighted by Gasteiger charge is -2.27. The first-order valence-corrected chi connectivity index (χ1v) is 8.66. The second-order valence-corrected chi connectivity index (χ2v) is 5.62. The van der Waals surface area contributed by atoms with Crippen LogP contribution in [0.2, 0.25) is 0 Å². The first-order chi connectivity index (χ1) is 11.0. The quantitative estimate of drug-likeness (QED) is 0.737. The van der Waals surface area contributed by atoms with Crippen molar-refractivity contribution in [3.63, 3.8) is 0 Å². The van der Waals surface area contributed by atoms with E-state index in [0.29, 0.717) is 26.1 Å². The molecule has 0 radical (unpaired) electrons. The van der Waals surface area contributed by atoms with Gasteiger partial charge in [-0.05, 0) is 37.8 Å². The Hall–Kier alpha value is -1.84. The van der Waals surface area contributed by atoms with E-state index in [1.807, 2.05) is 24.8 Å². The summed E-state index contributed by atoms with van der Waals surface area (Å²) in [5, 5.41) is 0. The molecule has 0 unspecified atom stereocenters. The van der Waals surface area contributed by atoms with Crippen LogP contribution in [0.1, 0.15) is 52.2 Å². The average Bonchev–Trinajstić information content (AvgIpc) is 2.55. The van der Waals surface area contributed by atoms with Crippen LogP contribution in [0.3, 0.4) is 0 Å². The Morgan fingerprint density at radius 1 is 0.957 bits per heavy atom. The summed E-state index contributed by atoms with van der Waals surface area (Å²) in [6.07, 6.45) is 2.11. The van der Waals surface area contributed by atoms with E-state index >= 15 is 0 Å². The fraction of sp³-hybridized carbons (Fsp3) is 0.579. The van der Waals surface area contributed by atoms with Gasteiger partial charge in [-0.25, -0.2) is 0 Å². The highest BCUT2D eigenvalue weighted by atomic mass is 16.2. The van der Waals surface area contributed by atoms with E-state index in [9.17, 15) is 9.59 Å². The minimum atomic E-state index is -0.00653. The molecule has 0 saturated heterocycles. The Kier molecular flexibility index (Phi) is 7.79. The summed E-state index contributed by atoms with van der Waals surface area (Å²) >= 11 is 0. The lowest BCUT2D eigenvalue weighted by Crippen LogP contribution is -2.37. The summed E-state index contributed by atoms with van der Waals surface area (Å²) in [4.78, 5) is 28.1. The molecule has 0 aromatic heterocycles. The summed E-state index contributed by atoms with van der Waals surface area (Å²) in [6, 6.07) is 6.17. The van der Waals surface area contributed by atoms with E-state index in [4.69, 9.17) is 0 Å². The van der Waals surface area contributed by atoms with Gasteiger partial charge in [0.2, 0.25) is 11.8 Å². The third kappa shape index (κ3) is 4.81. The number of hydrogen-bond donors (Lipinski definition) is 0. The molecule has 1 aromatic rings. The van der Waals surface area contributed by atoms with Gasteiger partial charge in [0, 0.05) is 38.7 Å². The van der Waals surface area contributed by atoms with Crippen molar-refractivity contribution in [3.05, 3.63) is 29.3 Å². The standard InChI is InChI=1S/C19H30N2O2/c1-6-16-11-10-12-17(7-2)19(16)21(15(5)22)14-13-18(23)20(8-3)9-4/h10-12H,6-9,13-14H2,1-5H3. The number of benzene rings is 1. The van der Waals surface area contributed by atoms with Gasteiger partial charge in [-0.1, -0.05) is 32.0 Å². The number of para-hydroxylation sites is 1. The maximum atomic E-state index is 12.3. The number of hydrogen-bond acceptors (Lipinski definition) is 2. The molecule has 0 aliphatic carbocycles. The van der Waals surface area contributed by atoms with Crippen molar-refractivity contribution in [2.24, 2.45) is 0 Å². The molecule has 23 heavy (non-hydrogen) atoms. The molecule has 0 fully saturated rings. The molecular formula is C19H30N2O2. The van der Waals surface area contributed by atoms with Crippen LogP contribution in [-0.4, -0.2) is 36.3 Å². The van der Waals surface area contributed by atoms with Gasteiger partial charge in [0.05, 0.1) is 0 Å². The monoisotopic (exact) mass is 318 g/mol. The molecule has 0 aliphatic heterocycles. The maximum Gasteiger partial charge on any atom is 0.224 e. The topological polar surface area (TPSA) is 40.6 Å². The third-order valence-corrected chi connectivity index (χ3v) is 4.28. The molecule has 4 nitrogen and oxygen atoms in total. The molecule has 0 aliphatic rings. The molecule has 0 saturated carbocycles. The minimum absolute atomic E-state index is 0.00653. The highest BCUT2D eigenvalue weighted by Gasteiger charge is 2.20. The van der Waals surface area contributed by atoms with Crippen molar-refractivity contribution < 1.29 is 9.59 Å². The van der Waals surface area contributed by atoms with Crippen molar-refractivity contribution >= 4 is 17.5 Å². The smallest absolute Gasteiger partial charge is 0.224 e. The Morgan fingerprint density at radius 2 is 1.48 bits per heavy atom. The maximum absolute atomic E-state index is 12.3. The molecule has 1 aromatic carbocycles. The van der Waals surface area contributed by atoms with E-state index in [-0.39, 0.29) is 11.8 Å². The van der Waals surface area contributed by atoms with Crippen LogP contribution in [0.5, 0.6) is 0 Å². The lowest BCUT2D eigenvalue weighted by atomic mass is 10.0. The van der Waals surface area contributed by atoms with Gasteiger partial charge >= 0.3 is 0 Å². The van der Waals surface area contributed by atoms with Crippen molar-refractivity contribution in [1.29, 1.82) is 0 Å². The summed E-state index contributed by atoms with van der Waals surface area (Å²) in [6.45, 7) is 11.6. The number of rotatable bonds is 8. The van der Waals surface area contributed by atoms with E-state index < -0.39 is 0 Å². The largest absolute Gasteiger partial charge is 0.343 e. The first-order valence-electron chi connectivity index (χ1n) is 8.66. The number of aryl methyl sites for hydroxylation is 2. The van der Waals surface area contributed by atoms with Gasteiger partial charge in [-0.3, -0.25) is 9.59 Å². The van der Waals surface area contributed by atoms with Gasteiger partial charge in [-0.2, -0.15) is 0 Å². The van der Waals surface area contributed by atoms with Gasteiger partial charge in [-0.15, -0.1) is 0 Å². The molecule has 4 heteroatoms. The van der Waals surface area contributed by atoms with Crippen LogP contribution in [0.4, 0.5) is 5.69 Å². The Bertz CT molecular complexity index is 514. The van der Waals surface area contributed by atoms with Gasteiger partial charge in [0.1, 0.15) is 0 Å². The molecule has 1 rings (SSSR count). The number of nitrogens with zero attached hydrogens (tertiary/aromatic N) is 2. The molecular weight excluding hydrogens is 288 g/mol. The van der Waals surface area contributed by atoms with Gasteiger partial charge in [0.25, 0.3) is 0 Å². The Balaban J connectivity index is 3.05. The van der Waals surface area contributed by atoms with E-state index in [2.05, 4.69) is 26.0 Å². The lowest BCUT2D eigenvalue weighted by molar-refractivity contribution is -0.130. The molecule has 0 heterocycles. The zero-order valence-corrected chi connectivity index (χ0v) is 15.2. The van der Waals surface area contributed by atoms with Crippen LogP contribution in [0.15, 0.2) is 18.2 Å². The molecule has 2 amide bonds. The highest BCUT2D eigenvalue weighted by molar-refractivity contribution is 5.94. The second-order valence-electron chi connectivity index (χ2n) is 5.62. The molecule has 0 atom stereocenters. The minimum Gasteiger partial charge on any atom is -0.343 e. The number of carbonyl (C=O) groups is 2. The molecule has 128 valence electrons. The fourth-order valence-electron chi connectivity index (χ4n) is 2.93. The second kappa shape index (κ2) is 9.33. The third-order valence-electron chi connectivity index (χ3n) is 4.28. The van der Waals surface area contributed by atoms with Crippen LogP contribution in [-0.2, 0) is 22.4 Å². The summed E-state index contributed by atoms with van der Waals surface area (Å²) < 4.78 is 0. The van der Waals surface area contributed by atoms with Crippen LogP contribution < -0.4 is 4.90 Å². The van der Waals surface area contributed by atoms with E-state index in [1.165, 1.54) is 0 Å². The van der Waals surface area contributed by atoms with Crippen molar-refractivity contribution in [2.75, 3.05) is 24.5 Å². The molecule has 0 spiro atoms.